The molecule has 1 N–H and O–H groups in total. The quantitative estimate of drug-likeness (QED) is 0.899. The molecule has 0 bridgehead atoms. The first-order valence-corrected chi connectivity index (χ1v) is 7.65. The molecular formula is C16H20BrN3. The zero-order valence-corrected chi connectivity index (χ0v) is 13.7. The Bertz CT molecular complexity index is 582. The Balaban J connectivity index is 2.20. The lowest BCUT2D eigenvalue weighted by molar-refractivity contribution is 0.548. The van der Waals surface area contributed by atoms with Gasteiger partial charge in [0.1, 0.15) is 0 Å². The smallest absolute Gasteiger partial charge is 0.159 e. The molecule has 20 heavy (non-hydrogen) atoms. The fraction of sp³-hybridized carbons (Fsp3) is 0.375. The van der Waals surface area contributed by atoms with Crippen LogP contribution in [0.15, 0.2) is 34.8 Å². The number of benzene rings is 1. The van der Waals surface area contributed by atoms with Crippen LogP contribution < -0.4 is 5.32 Å². The molecule has 0 radical (unpaired) electrons. The summed E-state index contributed by atoms with van der Waals surface area (Å²) >= 11 is 3.49. The third kappa shape index (κ3) is 4.39. The molecule has 0 aliphatic carbocycles. The highest BCUT2D eigenvalue weighted by Crippen LogP contribution is 2.20. The van der Waals surface area contributed by atoms with Crippen molar-refractivity contribution in [1.82, 2.24) is 15.3 Å². The summed E-state index contributed by atoms with van der Waals surface area (Å²) in [5, 5.41) is 3.42. The first-order chi connectivity index (χ1) is 9.54. The molecule has 106 valence electrons. The molecule has 1 aromatic heterocycles. The third-order valence-electron chi connectivity index (χ3n) is 2.85. The molecule has 0 aliphatic heterocycles. The minimum Gasteiger partial charge on any atom is -0.311 e. The Morgan fingerprint density at radius 1 is 1.20 bits per heavy atom. The number of nitrogens with one attached hydrogen (secondary N) is 1. The van der Waals surface area contributed by atoms with E-state index >= 15 is 0 Å². The third-order valence-corrected chi connectivity index (χ3v) is 3.34. The number of hydrogen-bond donors (Lipinski definition) is 1. The molecule has 0 spiro atoms. The number of hydrogen-bond acceptors (Lipinski definition) is 3. The van der Waals surface area contributed by atoms with Crippen LogP contribution in [0.25, 0.3) is 11.4 Å². The lowest BCUT2D eigenvalue weighted by atomic mass is 10.2. The highest BCUT2D eigenvalue weighted by molar-refractivity contribution is 9.10. The van der Waals surface area contributed by atoms with Gasteiger partial charge in [0, 0.05) is 22.3 Å². The second-order valence-electron chi connectivity index (χ2n) is 5.36. The number of aromatic nitrogens is 2. The number of rotatable bonds is 5. The van der Waals surface area contributed by atoms with Crippen LogP contribution in [0, 0.1) is 12.8 Å². The lowest BCUT2D eigenvalue weighted by Gasteiger charge is -2.09. The van der Waals surface area contributed by atoms with Crippen molar-refractivity contribution in [2.24, 2.45) is 5.92 Å². The topological polar surface area (TPSA) is 37.8 Å². The van der Waals surface area contributed by atoms with Crippen LogP contribution in [0.3, 0.4) is 0 Å². The van der Waals surface area contributed by atoms with Crippen molar-refractivity contribution < 1.29 is 0 Å². The van der Waals surface area contributed by atoms with Gasteiger partial charge in [0.25, 0.3) is 0 Å². The Morgan fingerprint density at radius 3 is 2.70 bits per heavy atom. The Morgan fingerprint density at radius 2 is 2.00 bits per heavy atom. The summed E-state index contributed by atoms with van der Waals surface area (Å²) in [5.74, 6) is 1.43. The van der Waals surface area contributed by atoms with Crippen molar-refractivity contribution in [2.75, 3.05) is 6.54 Å². The number of halogens is 1. The monoisotopic (exact) mass is 333 g/mol. The maximum atomic E-state index is 4.65. The van der Waals surface area contributed by atoms with Gasteiger partial charge in [0.15, 0.2) is 5.82 Å². The van der Waals surface area contributed by atoms with Crippen molar-refractivity contribution in [3.05, 3.63) is 46.2 Å². The molecule has 0 saturated carbocycles. The van der Waals surface area contributed by atoms with Crippen molar-refractivity contribution in [2.45, 2.75) is 27.3 Å². The maximum absolute atomic E-state index is 4.65. The molecule has 4 heteroatoms. The van der Waals surface area contributed by atoms with Gasteiger partial charge in [-0.2, -0.15) is 0 Å². The first-order valence-electron chi connectivity index (χ1n) is 6.86. The van der Waals surface area contributed by atoms with Gasteiger partial charge in [-0.15, -0.1) is 0 Å². The standard InChI is InChI=1S/C16H20BrN3/c1-11(2)9-18-10-15-7-12(3)19-16(20-15)13-5-4-6-14(17)8-13/h4-8,11,18H,9-10H2,1-3H3. The molecule has 0 atom stereocenters. The van der Waals surface area contributed by atoms with Crippen LogP contribution in [0.4, 0.5) is 0 Å². The SMILES string of the molecule is Cc1cc(CNCC(C)C)nc(-c2cccc(Br)c2)n1. The second-order valence-corrected chi connectivity index (χ2v) is 6.28. The first kappa shape index (κ1) is 15.1. The molecule has 2 rings (SSSR count). The number of aryl methyl sites for hydroxylation is 1. The Labute approximate surface area is 129 Å². The highest BCUT2D eigenvalue weighted by atomic mass is 79.9. The second kappa shape index (κ2) is 6.95. The minimum absolute atomic E-state index is 0.641. The number of nitrogens with zero attached hydrogens (tertiary/aromatic N) is 2. The molecule has 0 amide bonds. The summed E-state index contributed by atoms with van der Waals surface area (Å²) in [6.07, 6.45) is 0. The van der Waals surface area contributed by atoms with Crippen molar-refractivity contribution in [3.8, 4) is 11.4 Å². The van der Waals surface area contributed by atoms with E-state index in [2.05, 4.69) is 45.1 Å². The average Bonchev–Trinajstić information content (AvgIpc) is 2.37. The largest absolute Gasteiger partial charge is 0.311 e. The van der Waals surface area contributed by atoms with Crippen molar-refractivity contribution in [3.63, 3.8) is 0 Å². The van der Waals surface area contributed by atoms with Crippen LogP contribution in [-0.4, -0.2) is 16.5 Å². The van der Waals surface area contributed by atoms with Gasteiger partial charge >= 0.3 is 0 Å². The molecule has 2 aromatic rings. The van der Waals surface area contributed by atoms with E-state index in [4.69, 9.17) is 0 Å². The summed E-state index contributed by atoms with van der Waals surface area (Å²) in [7, 11) is 0. The van der Waals surface area contributed by atoms with E-state index in [9.17, 15) is 0 Å². The average molecular weight is 334 g/mol. The lowest BCUT2D eigenvalue weighted by Crippen LogP contribution is -2.20. The van der Waals surface area contributed by atoms with Crippen LogP contribution in [0.2, 0.25) is 0 Å². The fourth-order valence-electron chi connectivity index (χ4n) is 1.97. The predicted molar refractivity (Wildman–Crippen MR) is 86.4 cm³/mol. The molecule has 1 heterocycles. The predicted octanol–water partition coefficient (Wildman–Crippen LogP) is 3.96. The van der Waals surface area contributed by atoms with E-state index in [1.54, 1.807) is 0 Å². The van der Waals surface area contributed by atoms with Gasteiger partial charge in [-0.05, 0) is 37.6 Å². The van der Waals surface area contributed by atoms with Crippen molar-refractivity contribution >= 4 is 15.9 Å². The molecule has 0 saturated heterocycles. The summed E-state index contributed by atoms with van der Waals surface area (Å²) in [5.41, 5.74) is 3.07. The van der Waals surface area contributed by atoms with Gasteiger partial charge in [0.2, 0.25) is 0 Å². The van der Waals surface area contributed by atoms with Gasteiger partial charge in [-0.25, -0.2) is 9.97 Å². The summed E-state index contributed by atoms with van der Waals surface area (Å²) < 4.78 is 1.04. The zero-order chi connectivity index (χ0) is 14.5. The highest BCUT2D eigenvalue weighted by Gasteiger charge is 2.06. The fourth-order valence-corrected chi connectivity index (χ4v) is 2.37. The van der Waals surface area contributed by atoms with E-state index in [1.807, 2.05) is 37.3 Å². The molecule has 3 nitrogen and oxygen atoms in total. The van der Waals surface area contributed by atoms with E-state index < -0.39 is 0 Å². The van der Waals surface area contributed by atoms with Crippen LogP contribution in [0.5, 0.6) is 0 Å². The van der Waals surface area contributed by atoms with Gasteiger partial charge < -0.3 is 5.32 Å². The van der Waals surface area contributed by atoms with Crippen LogP contribution >= 0.6 is 15.9 Å². The summed E-state index contributed by atoms with van der Waals surface area (Å²) in [6.45, 7) is 8.18. The maximum Gasteiger partial charge on any atom is 0.159 e. The van der Waals surface area contributed by atoms with E-state index in [0.29, 0.717) is 5.92 Å². The van der Waals surface area contributed by atoms with Crippen LogP contribution in [0.1, 0.15) is 25.2 Å². The molecular weight excluding hydrogens is 314 g/mol. The molecule has 0 unspecified atom stereocenters. The van der Waals surface area contributed by atoms with Gasteiger partial charge in [-0.3, -0.25) is 0 Å². The molecule has 1 aromatic carbocycles. The van der Waals surface area contributed by atoms with E-state index in [-0.39, 0.29) is 0 Å². The summed E-state index contributed by atoms with van der Waals surface area (Å²) in [6, 6.07) is 10.1. The van der Waals surface area contributed by atoms with Crippen LogP contribution in [-0.2, 0) is 6.54 Å². The Kier molecular flexibility index (Phi) is 5.26. The normalized spacial score (nSPS) is 11.1. The van der Waals surface area contributed by atoms with Gasteiger partial charge in [0.05, 0.1) is 5.69 Å². The Hall–Kier alpha value is -1.26. The molecule has 0 aliphatic rings. The van der Waals surface area contributed by atoms with Gasteiger partial charge in [-0.1, -0.05) is 41.9 Å². The summed E-state index contributed by atoms with van der Waals surface area (Å²) in [4.78, 5) is 9.18. The zero-order valence-electron chi connectivity index (χ0n) is 12.2. The minimum atomic E-state index is 0.641. The van der Waals surface area contributed by atoms with Crippen molar-refractivity contribution in [1.29, 1.82) is 0 Å². The van der Waals surface area contributed by atoms with E-state index in [0.717, 1.165) is 40.3 Å². The molecule has 0 fully saturated rings. The van der Waals surface area contributed by atoms with E-state index in [1.165, 1.54) is 0 Å².